The van der Waals surface area contributed by atoms with E-state index in [1.807, 2.05) is 24.3 Å². The van der Waals surface area contributed by atoms with Crippen LogP contribution in [0.15, 0.2) is 91.0 Å². The molecule has 0 saturated heterocycles. The van der Waals surface area contributed by atoms with Gasteiger partial charge in [0.25, 0.3) is 5.91 Å². The lowest BCUT2D eigenvalue weighted by atomic mass is 9.97. The van der Waals surface area contributed by atoms with Gasteiger partial charge in [-0.3, -0.25) is 9.69 Å². The highest BCUT2D eigenvalue weighted by molar-refractivity contribution is 6.08. The molecule has 1 aliphatic rings. The maximum atomic E-state index is 13.3. The number of ether oxygens (including phenoxy) is 1. The van der Waals surface area contributed by atoms with Gasteiger partial charge in [0.1, 0.15) is 12.4 Å². The Morgan fingerprint density at radius 2 is 1.64 bits per heavy atom. The summed E-state index contributed by atoms with van der Waals surface area (Å²) in [5.41, 5.74) is 5.17. The molecule has 230 valence electrons. The van der Waals surface area contributed by atoms with Crippen LogP contribution in [0.25, 0.3) is 11.1 Å². The number of likely N-dealkylation sites (N-methyl/N-ethyl adjacent to an activating group) is 1. The molecular formula is C36H38F3N3O2. The fourth-order valence-corrected chi connectivity index (χ4v) is 5.58. The molecule has 44 heavy (non-hydrogen) atoms. The Bertz CT molecular complexity index is 1550. The highest BCUT2D eigenvalue weighted by Gasteiger charge is 2.30. The molecule has 0 aromatic heterocycles. The van der Waals surface area contributed by atoms with Crippen LogP contribution in [0, 0.1) is 0 Å². The number of hydrogen-bond donors (Lipinski definition) is 1. The maximum absolute atomic E-state index is 13.3. The summed E-state index contributed by atoms with van der Waals surface area (Å²) < 4.78 is 45.0. The molecule has 1 aliphatic heterocycles. The molecule has 0 spiro atoms. The van der Waals surface area contributed by atoms with Gasteiger partial charge >= 0.3 is 6.18 Å². The van der Waals surface area contributed by atoms with Crippen molar-refractivity contribution in [2.75, 3.05) is 38.1 Å². The highest BCUT2D eigenvalue weighted by atomic mass is 19.4. The summed E-state index contributed by atoms with van der Waals surface area (Å²) in [6.07, 6.45) is -3.54. The third kappa shape index (κ3) is 7.87. The predicted molar refractivity (Wildman–Crippen MR) is 169 cm³/mol. The highest BCUT2D eigenvalue weighted by Crippen LogP contribution is 2.32. The molecule has 8 heteroatoms. The van der Waals surface area contributed by atoms with Crippen molar-refractivity contribution < 1.29 is 22.7 Å². The third-order valence-electron chi connectivity index (χ3n) is 8.15. The summed E-state index contributed by atoms with van der Waals surface area (Å²) in [7, 11) is 0. The van der Waals surface area contributed by atoms with Crippen molar-refractivity contribution >= 4 is 11.6 Å². The summed E-state index contributed by atoms with van der Waals surface area (Å²) in [5.74, 6) is 0.583. The molecule has 1 N–H and O–H groups in total. The van der Waals surface area contributed by atoms with E-state index in [4.69, 9.17) is 4.74 Å². The third-order valence-corrected chi connectivity index (χ3v) is 8.15. The number of carbonyl (C=O) groups excluding carboxylic acids is 1. The van der Waals surface area contributed by atoms with Crippen molar-refractivity contribution in [1.82, 2.24) is 9.80 Å². The van der Waals surface area contributed by atoms with Crippen molar-refractivity contribution in [3.8, 4) is 16.9 Å². The summed E-state index contributed by atoms with van der Waals surface area (Å²) in [4.78, 5) is 18.0. The smallest absolute Gasteiger partial charge is 0.416 e. The largest absolute Gasteiger partial charge is 0.492 e. The molecule has 1 amide bonds. The van der Waals surface area contributed by atoms with Crippen LogP contribution in [0.3, 0.4) is 0 Å². The van der Waals surface area contributed by atoms with E-state index in [0.29, 0.717) is 29.0 Å². The zero-order valence-electron chi connectivity index (χ0n) is 25.2. The van der Waals surface area contributed by atoms with E-state index in [1.54, 1.807) is 24.3 Å². The number of rotatable bonds is 11. The molecule has 5 nitrogen and oxygen atoms in total. The Kier molecular flexibility index (Phi) is 10.0. The Labute approximate surface area is 257 Å². The van der Waals surface area contributed by atoms with Gasteiger partial charge in [0.05, 0.1) is 5.56 Å². The second-order valence-electron chi connectivity index (χ2n) is 11.0. The average molecular weight is 602 g/mol. The quantitative estimate of drug-likeness (QED) is 0.190. The van der Waals surface area contributed by atoms with Gasteiger partial charge < -0.3 is 15.0 Å². The predicted octanol–water partition coefficient (Wildman–Crippen LogP) is 7.90. The molecular weight excluding hydrogens is 563 g/mol. The summed E-state index contributed by atoms with van der Waals surface area (Å²) >= 11 is 0. The number of anilines is 1. The van der Waals surface area contributed by atoms with Gasteiger partial charge in [0.2, 0.25) is 0 Å². The molecule has 5 rings (SSSR count). The first-order valence-electron chi connectivity index (χ1n) is 15.1. The SMILES string of the molecule is CCN(CC)CCOc1ccc(CN2CCc3cc(NC(=O)c4ccccc4-c4ccc(C(F)(F)F)cc4)ccc3C2)cc1. The van der Waals surface area contributed by atoms with E-state index < -0.39 is 11.7 Å². The van der Waals surface area contributed by atoms with Gasteiger partial charge in [-0.05, 0) is 89.8 Å². The van der Waals surface area contributed by atoms with E-state index in [2.05, 4.69) is 47.2 Å². The van der Waals surface area contributed by atoms with E-state index >= 15 is 0 Å². The van der Waals surface area contributed by atoms with Crippen molar-refractivity contribution in [2.45, 2.75) is 39.5 Å². The van der Waals surface area contributed by atoms with Crippen LogP contribution in [0.2, 0.25) is 0 Å². The van der Waals surface area contributed by atoms with Gasteiger partial charge in [-0.1, -0.05) is 62.4 Å². The second-order valence-corrected chi connectivity index (χ2v) is 11.0. The van der Waals surface area contributed by atoms with E-state index in [0.717, 1.165) is 63.6 Å². The lowest BCUT2D eigenvalue weighted by Crippen LogP contribution is -2.30. The minimum atomic E-state index is -4.41. The molecule has 0 unspecified atom stereocenters. The van der Waals surface area contributed by atoms with Crippen LogP contribution >= 0.6 is 0 Å². The number of hydrogen-bond acceptors (Lipinski definition) is 4. The van der Waals surface area contributed by atoms with Crippen LogP contribution < -0.4 is 10.1 Å². The number of halogens is 3. The fraction of sp³-hybridized carbons (Fsp3) is 0.306. The van der Waals surface area contributed by atoms with Gasteiger partial charge in [-0.25, -0.2) is 0 Å². The Morgan fingerprint density at radius 3 is 2.34 bits per heavy atom. The first-order chi connectivity index (χ1) is 21.2. The minimum absolute atomic E-state index is 0.307. The molecule has 0 saturated carbocycles. The molecule has 4 aromatic carbocycles. The zero-order chi connectivity index (χ0) is 31.1. The minimum Gasteiger partial charge on any atom is -0.492 e. The molecule has 0 bridgehead atoms. The van der Waals surface area contributed by atoms with Crippen molar-refractivity contribution in [3.05, 3.63) is 119 Å². The van der Waals surface area contributed by atoms with Gasteiger partial charge in [-0.15, -0.1) is 0 Å². The molecule has 0 fully saturated rings. The van der Waals surface area contributed by atoms with Gasteiger partial charge in [-0.2, -0.15) is 13.2 Å². The molecule has 4 aromatic rings. The standard InChI is InChI=1S/C36H38F3N3O2/c1-3-41(4-2)21-22-44-32-17-9-26(10-18-32)24-42-20-19-28-23-31(16-13-29(28)25-42)40-35(43)34-8-6-5-7-33(34)27-11-14-30(15-12-27)36(37,38)39/h5-18,23H,3-4,19-22,24-25H2,1-2H3,(H,40,43). The Hall–Kier alpha value is -4.14. The number of nitrogens with zero attached hydrogens (tertiary/aromatic N) is 2. The van der Waals surface area contributed by atoms with Gasteiger partial charge in [0.15, 0.2) is 0 Å². The first kappa shape index (κ1) is 31.3. The Morgan fingerprint density at radius 1 is 0.909 bits per heavy atom. The van der Waals surface area contributed by atoms with Crippen molar-refractivity contribution in [2.24, 2.45) is 0 Å². The maximum Gasteiger partial charge on any atom is 0.416 e. The topological polar surface area (TPSA) is 44.8 Å². The number of carbonyl (C=O) groups is 1. The van der Waals surface area contributed by atoms with Crippen LogP contribution in [0.5, 0.6) is 5.75 Å². The van der Waals surface area contributed by atoms with Crippen LogP contribution in [-0.2, 0) is 25.7 Å². The van der Waals surface area contributed by atoms with Crippen molar-refractivity contribution in [1.29, 1.82) is 0 Å². The zero-order valence-corrected chi connectivity index (χ0v) is 25.2. The number of fused-ring (bicyclic) bond motifs is 1. The molecule has 0 aliphatic carbocycles. The number of nitrogens with one attached hydrogen (secondary N) is 1. The van der Waals surface area contributed by atoms with Crippen LogP contribution in [-0.4, -0.2) is 48.5 Å². The first-order valence-corrected chi connectivity index (χ1v) is 15.1. The van der Waals surface area contributed by atoms with E-state index in [1.165, 1.54) is 28.8 Å². The molecule has 0 atom stereocenters. The second kappa shape index (κ2) is 14.1. The number of alkyl halides is 3. The normalized spacial score (nSPS) is 13.5. The average Bonchev–Trinajstić information content (AvgIpc) is 3.03. The van der Waals surface area contributed by atoms with Crippen LogP contribution in [0.4, 0.5) is 18.9 Å². The fourth-order valence-electron chi connectivity index (χ4n) is 5.58. The monoisotopic (exact) mass is 601 g/mol. The lowest BCUT2D eigenvalue weighted by molar-refractivity contribution is -0.137. The van der Waals surface area contributed by atoms with Gasteiger partial charge in [0, 0.05) is 37.4 Å². The number of amides is 1. The Balaban J connectivity index is 1.18. The summed E-state index contributed by atoms with van der Waals surface area (Å²) in [6.45, 7) is 10.5. The van der Waals surface area contributed by atoms with E-state index in [-0.39, 0.29) is 5.91 Å². The molecule has 1 heterocycles. The molecule has 0 radical (unpaired) electrons. The number of benzene rings is 4. The summed E-state index contributed by atoms with van der Waals surface area (Å²) in [6, 6.07) is 26.2. The van der Waals surface area contributed by atoms with Crippen molar-refractivity contribution in [3.63, 3.8) is 0 Å². The van der Waals surface area contributed by atoms with E-state index in [9.17, 15) is 18.0 Å². The lowest BCUT2D eigenvalue weighted by Gasteiger charge is -2.29. The van der Waals surface area contributed by atoms with Crippen LogP contribution in [0.1, 0.15) is 46.5 Å². The summed E-state index contributed by atoms with van der Waals surface area (Å²) in [5, 5.41) is 2.99.